The molecule has 3 aromatic rings. The number of piperidine rings is 1. The first-order valence-electron chi connectivity index (χ1n) is 7.81. The van der Waals surface area contributed by atoms with Gasteiger partial charge in [0.25, 0.3) is 0 Å². The summed E-state index contributed by atoms with van der Waals surface area (Å²) in [7, 11) is 0. The van der Waals surface area contributed by atoms with Crippen molar-refractivity contribution in [3.05, 3.63) is 35.5 Å². The Kier molecular flexibility index (Phi) is 2.43. The average molecular weight is 309 g/mol. The minimum absolute atomic E-state index is 0.0682. The Morgan fingerprint density at radius 2 is 2.13 bits per heavy atom. The van der Waals surface area contributed by atoms with Gasteiger partial charge in [-0.05, 0) is 37.0 Å². The molecule has 2 aromatic heterocycles. The number of anilines is 1. The van der Waals surface area contributed by atoms with E-state index < -0.39 is 5.97 Å². The van der Waals surface area contributed by atoms with Gasteiger partial charge in [0.15, 0.2) is 11.5 Å². The van der Waals surface area contributed by atoms with Gasteiger partial charge in [0.2, 0.25) is 0 Å². The Balaban J connectivity index is 1.67. The van der Waals surface area contributed by atoms with Crippen LogP contribution < -0.4 is 4.90 Å². The third kappa shape index (κ3) is 1.75. The van der Waals surface area contributed by atoms with Crippen LogP contribution in [-0.2, 0) is 0 Å². The standard InChI is InChI=1S/C17H15N3O3/c21-17(22)13-8-14(23-19-13)10-1-2-12-11(7-10)15-9-3-5-20(6-4-9)16(15)18-12/h1-2,7-9,18H,3-6H2,(H,21,22). The molecule has 6 nitrogen and oxygen atoms in total. The number of rotatable bonds is 2. The zero-order chi connectivity index (χ0) is 15.6. The Labute approximate surface area is 131 Å². The molecule has 5 heterocycles. The van der Waals surface area contributed by atoms with Crippen molar-refractivity contribution in [1.82, 2.24) is 10.1 Å². The van der Waals surface area contributed by atoms with Gasteiger partial charge < -0.3 is 19.5 Å². The Morgan fingerprint density at radius 1 is 1.30 bits per heavy atom. The quantitative estimate of drug-likeness (QED) is 0.759. The number of fused-ring (bicyclic) bond motifs is 3. The lowest BCUT2D eigenvalue weighted by atomic mass is 9.84. The molecular weight excluding hydrogens is 294 g/mol. The van der Waals surface area contributed by atoms with Gasteiger partial charge in [0, 0.05) is 41.2 Å². The van der Waals surface area contributed by atoms with Gasteiger partial charge >= 0.3 is 5.97 Å². The second-order valence-corrected chi connectivity index (χ2v) is 6.29. The Hall–Kier alpha value is -2.76. The zero-order valence-electron chi connectivity index (χ0n) is 12.4. The molecule has 2 bridgehead atoms. The van der Waals surface area contributed by atoms with Crippen molar-refractivity contribution in [2.75, 3.05) is 18.0 Å². The molecule has 116 valence electrons. The predicted molar refractivity (Wildman–Crippen MR) is 84.9 cm³/mol. The van der Waals surface area contributed by atoms with E-state index >= 15 is 0 Å². The van der Waals surface area contributed by atoms with E-state index in [0.717, 1.165) is 24.2 Å². The van der Waals surface area contributed by atoms with E-state index in [0.29, 0.717) is 11.7 Å². The molecular formula is C17H15N3O3. The van der Waals surface area contributed by atoms with Gasteiger partial charge in [-0.15, -0.1) is 0 Å². The number of benzene rings is 1. The van der Waals surface area contributed by atoms with Gasteiger partial charge in [0.1, 0.15) is 5.82 Å². The third-order valence-corrected chi connectivity index (χ3v) is 5.05. The second-order valence-electron chi connectivity index (χ2n) is 6.29. The molecule has 0 spiro atoms. The minimum atomic E-state index is -1.08. The zero-order valence-corrected chi connectivity index (χ0v) is 12.4. The SMILES string of the molecule is O=C(O)c1cc(-c2ccc3[nH]c4c(c3c2)C2CCN4CC2)on1. The molecule has 0 amide bonds. The van der Waals surface area contributed by atoms with E-state index in [1.165, 1.54) is 35.7 Å². The first-order chi connectivity index (χ1) is 11.2. The maximum Gasteiger partial charge on any atom is 0.358 e. The number of nitrogens with one attached hydrogen (secondary N) is 1. The topological polar surface area (TPSA) is 82.4 Å². The van der Waals surface area contributed by atoms with Crippen LogP contribution in [0.1, 0.15) is 34.8 Å². The molecule has 0 unspecified atom stereocenters. The van der Waals surface area contributed by atoms with Crippen molar-refractivity contribution in [2.24, 2.45) is 0 Å². The molecule has 3 aliphatic heterocycles. The lowest BCUT2D eigenvalue weighted by Crippen LogP contribution is -2.38. The van der Waals surface area contributed by atoms with E-state index in [9.17, 15) is 4.79 Å². The highest BCUT2D eigenvalue weighted by Gasteiger charge is 2.33. The van der Waals surface area contributed by atoms with Crippen LogP contribution in [0.4, 0.5) is 5.82 Å². The van der Waals surface area contributed by atoms with Crippen LogP contribution in [0.5, 0.6) is 0 Å². The highest BCUT2D eigenvalue weighted by atomic mass is 16.5. The number of carboxylic acids is 1. The fourth-order valence-corrected chi connectivity index (χ4v) is 3.92. The number of aromatic amines is 1. The summed E-state index contributed by atoms with van der Waals surface area (Å²) in [6.07, 6.45) is 2.41. The number of carboxylic acid groups (broad SMARTS) is 1. The fourth-order valence-electron chi connectivity index (χ4n) is 3.92. The van der Waals surface area contributed by atoms with E-state index in [1.54, 1.807) is 0 Å². The molecule has 0 saturated carbocycles. The summed E-state index contributed by atoms with van der Waals surface area (Å²) in [5.41, 5.74) is 3.31. The summed E-state index contributed by atoms with van der Waals surface area (Å²) < 4.78 is 5.19. The number of H-pyrrole nitrogens is 1. The fraction of sp³-hybridized carbons (Fsp3) is 0.294. The van der Waals surface area contributed by atoms with Crippen molar-refractivity contribution in [2.45, 2.75) is 18.8 Å². The van der Waals surface area contributed by atoms with Crippen molar-refractivity contribution in [1.29, 1.82) is 0 Å². The average Bonchev–Trinajstić information content (AvgIpc) is 3.21. The third-order valence-electron chi connectivity index (χ3n) is 5.05. The van der Waals surface area contributed by atoms with Crippen LogP contribution in [0.15, 0.2) is 28.8 Å². The number of hydrogen-bond acceptors (Lipinski definition) is 4. The van der Waals surface area contributed by atoms with Crippen LogP contribution in [0.2, 0.25) is 0 Å². The summed E-state index contributed by atoms with van der Waals surface area (Å²) in [6.45, 7) is 2.25. The Bertz CT molecular complexity index is 932. The van der Waals surface area contributed by atoms with Crippen LogP contribution in [0.3, 0.4) is 0 Å². The first-order valence-corrected chi connectivity index (χ1v) is 7.81. The van der Waals surface area contributed by atoms with Gasteiger partial charge in [-0.2, -0.15) is 0 Å². The number of aromatic carboxylic acids is 1. The number of hydrogen-bond donors (Lipinski definition) is 2. The summed E-state index contributed by atoms with van der Waals surface area (Å²) in [4.78, 5) is 16.9. The predicted octanol–water partition coefficient (Wildman–Crippen LogP) is 3.22. The van der Waals surface area contributed by atoms with Gasteiger partial charge in [-0.1, -0.05) is 5.16 Å². The van der Waals surface area contributed by atoms with E-state index in [1.807, 2.05) is 12.1 Å². The maximum absolute atomic E-state index is 11.0. The van der Waals surface area contributed by atoms with Crippen LogP contribution in [-0.4, -0.2) is 34.3 Å². The number of aromatic nitrogens is 2. The number of nitrogens with zero attached hydrogens (tertiary/aromatic N) is 2. The van der Waals surface area contributed by atoms with Crippen LogP contribution in [0.25, 0.3) is 22.2 Å². The maximum atomic E-state index is 11.0. The van der Waals surface area contributed by atoms with E-state index in [2.05, 4.69) is 21.1 Å². The van der Waals surface area contributed by atoms with E-state index in [4.69, 9.17) is 9.63 Å². The lowest BCUT2D eigenvalue weighted by molar-refractivity contribution is 0.0686. The van der Waals surface area contributed by atoms with E-state index in [-0.39, 0.29) is 5.69 Å². The largest absolute Gasteiger partial charge is 0.476 e. The van der Waals surface area contributed by atoms with Gasteiger partial charge in [-0.3, -0.25) is 0 Å². The molecule has 23 heavy (non-hydrogen) atoms. The molecule has 6 heteroatoms. The molecule has 0 aliphatic carbocycles. The summed E-state index contributed by atoms with van der Waals surface area (Å²) in [5.74, 6) is 1.28. The number of carbonyl (C=O) groups is 1. The molecule has 0 radical (unpaired) electrons. The summed E-state index contributed by atoms with van der Waals surface area (Å²) >= 11 is 0. The Morgan fingerprint density at radius 3 is 2.87 bits per heavy atom. The molecule has 1 aromatic carbocycles. The summed E-state index contributed by atoms with van der Waals surface area (Å²) in [5, 5.41) is 13.8. The molecule has 2 N–H and O–H groups in total. The van der Waals surface area contributed by atoms with Crippen molar-refractivity contribution < 1.29 is 14.4 Å². The molecule has 1 fully saturated rings. The highest BCUT2D eigenvalue weighted by molar-refractivity contribution is 5.94. The highest BCUT2D eigenvalue weighted by Crippen LogP contribution is 2.46. The smallest absolute Gasteiger partial charge is 0.358 e. The van der Waals surface area contributed by atoms with Crippen LogP contribution in [0, 0.1) is 0 Å². The molecule has 1 saturated heterocycles. The van der Waals surface area contributed by atoms with Crippen molar-refractivity contribution in [3.63, 3.8) is 0 Å². The first kappa shape index (κ1) is 12.8. The molecule has 0 atom stereocenters. The van der Waals surface area contributed by atoms with Gasteiger partial charge in [-0.25, -0.2) is 4.79 Å². The second kappa shape index (κ2) is 4.38. The lowest BCUT2D eigenvalue weighted by Gasteiger charge is -2.40. The van der Waals surface area contributed by atoms with Gasteiger partial charge in [0.05, 0.1) is 0 Å². The molecule has 6 rings (SSSR count). The monoisotopic (exact) mass is 309 g/mol. The van der Waals surface area contributed by atoms with Crippen LogP contribution >= 0.6 is 0 Å². The summed E-state index contributed by atoms with van der Waals surface area (Å²) in [6, 6.07) is 7.52. The van der Waals surface area contributed by atoms with Crippen molar-refractivity contribution in [3.8, 4) is 11.3 Å². The molecule has 3 aliphatic rings. The minimum Gasteiger partial charge on any atom is -0.476 e. The normalized spacial score (nSPS) is 17.0. The van der Waals surface area contributed by atoms with Crippen molar-refractivity contribution >= 4 is 22.7 Å².